The molecule has 1 fully saturated rings. The van der Waals surface area contributed by atoms with Crippen LogP contribution >= 0.6 is 34.8 Å². The molecule has 0 aromatic carbocycles. The van der Waals surface area contributed by atoms with Gasteiger partial charge >= 0.3 is 0 Å². The Bertz CT molecular complexity index is 345. The minimum absolute atomic E-state index is 0.0285. The number of hydrogen-bond acceptors (Lipinski definition) is 3. The first-order valence-corrected chi connectivity index (χ1v) is 7.33. The first-order valence-electron chi connectivity index (χ1n) is 4.38. The van der Waals surface area contributed by atoms with Gasteiger partial charge in [0.15, 0.2) is 0 Å². The topological polar surface area (TPSA) is 43.4 Å². The van der Waals surface area contributed by atoms with Crippen LogP contribution in [0, 0.1) is 11.3 Å². The molecule has 2 atom stereocenters. The van der Waals surface area contributed by atoms with Gasteiger partial charge in [0, 0.05) is 0 Å². The minimum atomic E-state index is -3.62. The summed E-state index contributed by atoms with van der Waals surface area (Å²) in [5.41, 5.74) is -0.0285. The molecule has 0 aromatic rings. The molecule has 1 saturated carbocycles. The molecule has 0 saturated heterocycles. The van der Waals surface area contributed by atoms with Gasteiger partial charge in [0.25, 0.3) is 10.1 Å². The van der Waals surface area contributed by atoms with E-state index < -0.39 is 20.0 Å². The monoisotopic (exact) mass is 294 g/mol. The summed E-state index contributed by atoms with van der Waals surface area (Å²) >= 11 is 17.1. The highest BCUT2D eigenvalue weighted by Gasteiger charge is 2.57. The molecule has 0 bridgehead atoms. The average Bonchev–Trinajstić information content (AvgIpc) is 2.50. The number of hydrogen-bond donors (Lipinski definition) is 0. The maximum absolute atomic E-state index is 11.0. The summed E-state index contributed by atoms with van der Waals surface area (Å²) in [6.07, 6.45) is 0.833. The third-order valence-electron chi connectivity index (χ3n) is 2.56. The van der Waals surface area contributed by atoms with Crippen molar-refractivity contribution in [1.29, 1.82) is 0 Å². The van der Waals surface area contributed by atoms with Crippen molar-refractivity contribution < 1.29 is 12.6 Å². The third-order valence-corrected chi connectivity index (χ3v) is 3.76. The van der Waals surface area contributed by atoms with E-state index in [2.05, 4.69) is 0 Å². The fourth-order valence-electron chi connectivity index (χ4n) is 1.56. The van der Waals surface area contributed by atoms with Crippen LogP contribution in [-0.2, 0) is 14.3 Å². The number of alkyl halides is 3. The maximum atomic E-state index is 11.0. The lowest BCUT2D eigenvalue weighted by Gasteiger charge is -2.24. The van der Waals surface area contributed by atoms with Crippen molar-refractivity contribution in [2.75, 3.05) is 6.26 Å². The van der Waals surface area contributed by atoms with E-state index in [0.717, 1.165) is 12.7 Å². The smallest absolute Gasteiger partial charge is 0.262 e. The molecule has 1 aliphatic rings. The molecule has 15 heavy (non-hydrogen) atoms. The Morgan fingerprint density at radius 1 is 1.40 bits per heavy atom. The molecule has 90 valence electrons. The van der Waals surface area contributed by atoms with Crippen LogP contribution in [0.15, 0.2) is 0 Å². The highest BCUT2D eigenvalue weighted by molar-refractivity contribution is 7.86. The second kappa shape index (κ2) is 3.91. The summed E-state index contributed by atoms with van der Waals surface area (Å²) in [5.74, 6) is -0.0419. The predicted octanol–water partition coefficient (Wildman–Crippen LogP) is 2.75. The Morgan fingerprint density at radius 3 is 2.00 bits per heavy atom. The van der Waals surface area contributed by atoms with Crippen molar-refractivity contribution in [2.24, 2.45) is 11.3 Å². The van der Waals surface area contributed by atoms with Gasteiger partial charge in [-0.05, 0) is 17.8 Å². The van der Waals surface area contributed by atoms with Gasteiger partial charge in [0.1, 0.15) is 6.10 Å². The molecule has 1 aliphatic carbocycles. The zero-order chi connectivity index (χ0) is 12.1. The molecule has 0 heterocycles. The lowest BCUT2D eigenvalue weighted by molar-refractivity contribution is 0.175. The van der Waals surface area contributed by atoms with E-state index in [1.807, 2.05) is 13.8 Å². The van der Waals surface area contributed by atoms with Gasteiger partial charge in [-0.2, -0.15) is 8.42 Å². The van der Waals surface area contributed by atoms with Gasteiger partial charge in [-0.1, -0.05) is 48.7 Å². The zero-order valence-electron chi connectivity index (χ0n) is 8.63. The van der Waals surface area contributed by atoms with Gasteiger partial charge in [0.05, 0.1) is 6.26 Å². The molecule has 0 aromatic heterocycles. The molecule has 0 N–H and O–H groups in total. The summed E-state index contributed by atoms with van der Waals surface area (Å²) in [7, 11) is -3.62. The Hall–Kier alpha value is 0.780. The predicted molar refractivity (Wildman–Crippen MR) is 61.9 cm³/mol. The van der Waals surface area contributed by atoms with Crippen LogP contribution in [-0.4, -0.2) is 24.6 Å². The van der Waals surface area contributed by atoms with Crippen LogP contribution in [0.5, 0.6) is 0 Å². The Labute approximate surface area is 105 Å². The van der Waals surface area contributed by atoms with E-state index in [4.69, 9.17) is 39.0 Å². The Morgan fingerprint density at radius 2 is 1.80 bits per heavy atom. The van der Waals surface area contributed by atoms with Gasteiger partial charge in [-0.3, -0.25) is 4.18 Å². The lowest BCUT2D eigenvalue weighted by atomic mass is 10.1. The van der Waals surface area contributed by atoms with Crippen molar-refractivity contribution in [3.8, 4) is 0 Å². The highest BCUT2D eigenvalue weighted by Crippen LogP contribution is 2.58. The fraction of sp³-hybridized carbons (Fsp3) is 1.00. The molecular weight excluding hydrogens is 283 g/mol. The first-order chi connectivity index (χ1) is 6.43. The summed E-state index contributed by atoms with van der Waals surface area (Å²) < 4.78 is 25.2. The van der Waals surface area contributed by atoms with Gasteiger partial charge in [-0.25, -0.2) is 0 Å². The van der Waals surface area contributed by atoms with E-state index >= 15 is 0 Å². The quantitative estimate of drug-likeness (QED) is 0.594. The summed E-state index contributed by atoms with van der Waals surface area (Å²) in [6, 6.07) is 0. The van der Waals surface area contributed by atoms with Gasteiger partial charge in [0.2, 0.25) is 3.79 Å². The Kier molecular flexibility index (Phi) is 3.61. The molecule has 7 heteroatoms. The maximum Gasteiger partial charge on any atom is 0.264 e. The van der Waals surface area contributed by atoms with Crippen LogP contribution in [0.2, 0.25) is 0 Å². The van der Waals surface area contributed by atoms with Crippen LogP contribution in [0.4, 0.5) is 0 Å². The van der Waals surface area contributed by atoms with E-state index in [1.165, 1.54) is 0 Å². The second-order valence-electron chi connectivity index (χ2n) is 4.56. The largest absolute Gasteiger partial charge is 0.264 e. The van der Waals surface area contributed by atoms with Gasteiger partial charge in [-0.15, -0.1) is 0 Å². The van der Waals surface area contributed by atoms with Crippen LogP contribution in [0.25, 0.3) is 0 Å². The van der Waals surface area contributed by atoms with Crippen LogP contribution < -0.4 is 0 Å². The van der Waals surface area contributed by atoms with Crippen molar-refractivity contribution in [3.05, 3.63) is 0 Å². The van der Waals surface area contributed by atoms with E-state index in [0.29, 0.717) is 0 Å². The van der Waals surface area contributed by atoms with E-state index in [-0.39, 0.29) is 11.3 Å². The van der Waals surface area contributed by atoms with Crippen molar-refractivity contribution in [1.82, 2.24) is 0 Å². The van der Waals surface area contributed by atoms with Crippen molar-refractivity contribution in [2.45, 2.75) is 30.2 Å². The minimum Gasteiger partial charge on any atom is -0.262 e. The second-order valence-corrected chi connectivity index (χ2v) is 8.53. The van der Waals surface area contributed by atoms with E-state index in [9.17, 15) is 8.42 Å². The highest BCUT2D eigenvalue weighted by atomic mass is 35.6. The number of rotatable bonds is 3. The SMILES string of the molecule is CC1(C)CC1C(OS(C)(=O)=O)C(Cl)(Cl)Cl. The molecule has 3 nitrogen and oxygen atoms in total. The zero-order valence-corrected chi connectivity index (χ0v) is 11.7. The summed E-state index contributed by atoms with van der Waals surface area (Å²) in [5, 5.41) is 0. The molecule has 0 amide bonds. The van der Waals surface area contributed by atoms with Crippen molar-refractivity contribution in [3.63, 3.8) is 0 Å². The Balaban J connectivity index is 2.82. The lowest BCUT2D eigenvalue weighted by Crippen LogP contribution is -2.34. The standard InChI is InChI=1S/C8H13Cl3O3S/c1-7(2)4-5(7)6(8(9,10)11)14-15(3,12)13/h5-6H,4H2,1-3H3. The average molecular weight is 296 g/mol. The van der Waals surface area contributed by atoms with Crippen LogP contribution in [0.3, 0.4) is 0 Å². The molecule has 0 aliphatic heterocycles. The third kappa shape index (κ3) is 3.93. The molecule has 0 radical (unpaired) electrons. The molecule has 2 unspecified atom stereocenters. The first kappa shape index (κ1) is 13.8. The summed E-state index contributed by atoms with van der Waals surface area (Å²) in [4.78, 5) is 0. The molecule has 1 rings (SSSR count). The fourth-order valence-corrected chi connectivity index (χ4v) is 2.97. The summed E-state index contributed by atoms with van der Waals surface area (Å²) in [6.45, 7) is 3.96. The van der Waals surface area contributed by atoms with Gasteiger partial charge < -0.3 is 0 Å². The molecular formula is C8H13Cl3O3S. The normalized spacial score (nSPS) is 27.5. The molecule has 0 spiro atoms. The van der Waals surface area contributed by atoms with Crippen molar-refractivity contribution >= 4 is 44.9 Å². The van der Waals surface area contributed by atoms with Crippen LogP contribution in [0.1, 0.15) is 20.3 Å². The van der Waals surface area contributed by atoms with E-state index in [1.54, 1.807) is 0 Å². The number of halogens is 3.